The Bertz CT molecular complexity index is 1020. The summed E-state index contributed by atoms with van der Waals surface area (Å²) in [5, 5.41) is 1.29. The quantitative estimate of drug-likeness (QED) is 0.405. The largest absolute Gasteiger partial charge is 0.457 e. The predicted octanol–water partition coefficient (Wildman–Crippen LogP) is 5.91. The molecule has 1 aromatic heterocycles. The van der Waals surface area contributed by atoms with Crippen LogP contribution in [-0.4, -0.2) is 11.5 Å². The number of ether oxygens (including phenoxy) is 1. The third kappa shape index (κ3) is 3.88. The van der Waals surface area contributed by atoms with Gasteiger partial charge in [-0.1, -0.05) is 48.5 Å². The minimum Gasteiger partial charge on any atom is -0.457 e. The molecule has 3 N–H and O–H groups in total. The average molecular weight is 356 g/mol. The lowest BCUT2D eigenvalue weighted by Crippen LogP contribution is -1.99. The van der Waals surface area contributed by atoms with Crippen LogP contribution in [0.3, 0.4) is 0 Å². The first-order valence-corrected chi connectivity index (χ1v) is 9.48. The lowest BCUT2D eigenvalue weighted by molar-refractivity contribution is 0.483. The van der Waals surface area contributed by atoms with Gasteiger partial charge in [0, 0.05) is 22.2 Å². The van der Waals surface area contributed by atoms with Gasteiger partial charge in [-0.05, 0) is 61.7 Å². The molecule has 0 aliphatic heterocycles. The predicted molar refractivity (Wildman–Crippen MR) is 112 cm³/mol. The molecule has 4 aromatic rings. The van der Waals surface area contributed by atoms with Crippen molar-refractivity contribution in [3.05, 3.63) is 84.4 Å². The number of rotatable bonds is 7. The van der Waals surface area contributed by atoms with E-state index in [0.29, 0.717) is 0 Å². The van der Waals surface area contributed by atoms with Crippen LogP contribution in [0.15, 0.2) is 78.9 Å². The standard InChI is InChI=1S/C24H24N2O/c25-16-7-6-14-22-21-13-4-5-15-23(21)26-24(22)18-9-8-12-20(17-18)27-19-10-2-1-3-11-19/h1-5,8-13,15,17,26H,6-7,14,16,25H2. The Morgan fingerprint density at radius 2 is 1.56 bits per heavy atom. The van der Waals surface area contributed by atoms with E-state index in [1.165, 1.54) is 22.2 Å². The summed E-state index contributed by atoms with van der Waals surface area (Å²) in [6, 6.07) is 26.6. The van der Waals surface area contributed by atoms with Crippen LogP contribution in [0.5, 0.6) is 11.5 Å². The topological polar surface area (TPSA) is 51.0 Å². The average Bonchev–Trinajstić information content (AvgIpc) is 3.08. The molecule has 0 saturated carbocycles. The Labute approximate surface area is 159 Å². The van der Waals surface area contributed by atoms with Gasteiger partial charge >= 0.3 is 0 Å². The Kier molecular flexibility index (Phi) is 5.22. The SMILES string of the molecule is NCCCCc1c(-c2cccc(Oc3ccccc3)c2)[nH]c2ccccc12. The molecule has 136 valence electrons. The van der Waals surface area contributed by atoms with E-state index in [9.17, 15) is 0 Å². The van der Waals surface area contributed by atoms with Crippen LogP contribution in [0.4, 0.5) is 0 Å². The number of H-pyrrole nitrogens is 1. The number of aromatic amines is 1. The van der Waals surface area contributed by atoms with E-state index in [-0.39, 0.29) is 0 Å². The minimum absolute atomic E-state index is 0.734. The van der Waals surface area contributed by atoms with Gasteiger partial charge in [-0.15, -0.1) is 0 Å². The van der Waals surface area contributed by atoms with Gasteiger partial charge in [0.2, 0.25) is 0 Å². The summed E-state index contributed by atoms with van der Waals surface area (Å²) in [5.41, 5.74) is 10.5. The molecule has 3 nitrogen and oxygen atoms in total. The molecule has 0 fully saturated rings. The fourth-order valence-electron chi connectivity index (χ4n) is 3.49. The third-order valence-electron chi connectivity index (χ3n) is 4.80. The first kappa shape index (κ1) is 17.4. The monoisotopic (exact) mass is 356 g/mol. The molecule has 0 radical (unpaired) electrons. The van der Waals surface area contributed by atoms with E-state index in [2.05, 4.69) is 41.4 Å². The van der Waals surface area contributed by atoms with Crippen molar-refractivity contribution in [2.75, 3.05) is 6.54 Å². The molecule has 1 heterocycles. The van der Waals surface area contributed by atoms with Gasteiger partial charge in [-0.25, -0.2) is 0 Å². The van der Waals surface area contributed by atoms with E-state index in [1.54, 1.807) is 0 Å². The number of para-hydroxylation sites is 2. The lowest BCUT2D eigenvalue weighted by Gasteiger charge is -2.09. The highest BCUT2D eigenvalue weighted by molar-refractivity contribution is 5.90. The summed E-state index contributed by atoms with van der Waals surface area (Å²) in [6.45, 7) is 0.734. The fraction of sp³-hybridized carbons (Fsp3) is 0.167. The smallest absolute Gasteiger partial charge is 0.128 e. The van der Waals surface area contributed by atoms with Gasteiger partial charge in [-0.3, -0.25) is 0 Å². The van der Waals surface area contributed by atoms with Crippen molar-refractivity contribution in [1.29, 1.82) is 0 Å². The number of hydrogen-bond donors (Lipinski definition) is 2. The van der Waals surface area contributed by atoms with Crippen molar-refractivity contribution >= 4 is 10.9 Å². The van der Waals surface area contributed by atoms with Crippen LogP contribution in [0, 0.1) is 0 Å². The summed E-state index contributed by atoms with van der Waals surface area (Å²) in [4.78, 5) is 3.61. The number of aryl methyl sites for hydroxylation is 1. The molecule has 0 aliphatic rings. The second-order valence-electron chi connectivity index (χ2n) is 6.71. The second-order valence-corrected chi connectivity index (χ2v) is 6.71. The van der Waals surface area contributed by atoms with Crippen molar-refractivity contribution in [1.82, 2.24) is 4.98 Å². The van der Waals surface area contributed by atoms with Crippen molar-refractivity contribution < 1.29 is 4.74 Å². The molecule has 3 aromatic carbocycles. The molecular formula is C24H24N2O. The first-order valence-electron chi connectivity index (χ1n) is 9.48. The highest BCUT2D eigenvalue weighted by Crippen LogP contribution is 2.34. The number of benzene rings is 3. The van der Waals surface area contributed by atoms with Gasteiger partial charge < -0.3 is 15.5 Å². The zero-order valence-corrected chi connectivity index (χ0v) is 15.3. The highest BCUT2D eigenvalue weighted by Gasteiger charge is 2.13. The van der Waals surface area contributed by atoms with Crippen molar-refractivity contribution in [3.63, 3.8) is 0 Å². The van der Waals surface area contributed by atoms with E-state index >= 15 is 0 Å². The van der Waals surface area contributed by atoms with Crippen LogP contribution in [-0.2, 0) is 6.42 Å². The normalized spacial score (nSPS) is 11.0. The second kappa shape index (κ2) is 8.11. The van der Waals surface area contributed by atoms with Gasteiger partial charge in [0.25, 0.3) is 0 Å². The van der Waals surface area contributed by atoms with Gasteiger partial charge in [0.05, 0.1) is 0 Å². The zero-order valence-electron chi connectivity index (χ0n) is 15.3. The zero-order chi connectivity index (χ0) is 18.5. The lowest BCUT2D eigenvalue weighted by atomic mass is 10.00. The molecule has 27 heavy (non-hydrogen) atoms. The number of aromatic nitrogens is 1. The summed E-state index contributed by atoms with van der Waals surface area (Å²) in [5.74, 6) is 1.68. The van der Waals surface area contributed by atoms with Crippen LogP contribution in [0.1, 0.15) is 18.4 Å². The van der Waals surface area contributed by atoms with Gasteiger partial charge in [0.15, 0.2) is 0 Å². The number of unbranched alkanes of at least 4 members (excludes halogenated alkanes) is 1. The number of fused-ring (bicyclic) bond motifs is 1. The Morgan fingerprint density at radius 3 is 2.41 bits per heavy atom. The van der Waals surface area contributed by atoms with Crippen LogP contribution in [0.25, 0.3) is 22.2 Å². The molecule has 0 spiro atoms. The molecule has 0 saturated heterocycles. The Balaban J connectivity index is 1.71. The number of nitrogens with one attached hydrogen (secondary N) is 1. The van der Waals surface area contributed by atoms with Crippen LogP contribution in [0.2, 0.25) is 0 Å². The van der Waals surface area contributed by atoms with Crippen molar-refractivity contribution in [2.45, 2.75) is 19.3 Å². The maximum atomic E-state index is 6.02. The van der Waals surface area contributed by atoms with Crippen LogP contribution >= 0.6 is 0 Å². The summed E-state index contributed by atoms with van der Waals surface area (Å²) in [6.07, 6.45) is 3.14. The van der Waals surface area contributed by atoms with Crippen molar-refractivity contribution in [3.8, 4) is 22.8 Å². The van der Waals surface area contributed by atoms with E-state index in [1.807, 2.05) is 42.5 Å². The summed E-state index contributed by atoms with van der Waals surface area (Å²) in [7, 11) is 0. The maximum Gasteiger partial charge on any atom is 0.128 e. The number of hydrogen-bond acceptors (Lipinski definition) is 2. The highest BCUT2D eigenvalue weighted by atomic mass is 16.5. The minimum atomic E-state index is 0.734. The third-order valence-corrected chi connectivity index (χ3v) is 4.80. The maximum absolute atomic E-state index is 6.02. The van der Waals surface area contributed by atoms with E-state index in [4.69, 9.17) is 10.5 Å². The first-order chi connectivity index (χ1) is 13.3. The van der Waals surface area contributed by atoms with E-state index in [0.717, 1.165) is 42.9 Å². The molecule has 0 bridgehead atoms. The molecule has 4 rings (SSSR count). The van der Waals surface area contributed by atoms with E-state index < -0.39 is 0 Å². The van der Waals surface area contributed by atoms with Crippen LogP contribution < -0.4 is 10.5 Å². The molecule has 0 amide bonds. The molecule has 0 unspecified atom stereocenters. The van der Waals surface area contributed by atoms with Gasteiger partial charge in [-0.2, -0.15) is 0 Å². The van der Waals surface area contributed by atoms with Gasteiger partial charge in [0.1, 0.15) is 11.5 Å². The Morgan fingerprint density at radius 1 is 0.778 bits per heavy atom. The summed E-state index contributed by atoms with van der Waals surface area (Å²) >= 11 is 0. The molecule has 0 atom stereocenters. The molecule has 3 heteroatoms. The summed E-state index contributed by atoms with van der Waals surface area (Å²) < 4.78 is 6.02. The number of nitrogens with two attached hydrogens (primary N) is 1. The van der Waals surface area contributed by atoms with Crippen molar-refractivity contribution in [2.24, 2.45) is 5.73 Å². The Hall–Kier alpha value is -3.04. The molecular weight excluding hydrogens is 332 g/mol. The fourth-order valence-corrected chi connectivity index (χ4v) is 3.49. The molecule has 0 aliphatic carbocycles.